The number of cyclic esters (lactones) is 1. The molecule has 1 amide bonds. The average Bonchev–Trinajstić information content (AvgIpc) is 2.22. The predicted molar refractivity (Wildman–Crippen MR) is 57.1 cm³/mol. The minimum atomic E-state index is -0.240. The molecule has 1 fully saturated rings. The molecule has 82 valence electrons. The lowest BCUT2D eigenvalue weighted by molar-refractivity contribution is 0.108. The van der Waals surface area contributed by atoms with E-state index in [1.165, 1.54) is 0 Å². The number of carbonyl (C=O) groups is 1. The monoisotopic (exact) mass is 208 g/mol. The molecule has 0 bridgehead atoms. The molecule has 1 aliphatic carbocycles. The van der Waals surface area contributed by atoms with Crippen molar-refractivity contribution in [2.45, 2.75) is 25.8 Å². The van der Waals surface area contributed by atoms with Gasteiger partial charge in [-0.15, -0.1) is 0 Å². The second kappa shape index (κ2) is 4.06. The maximum absolute atomic E-state index is 11.5. The third-order valence-corrected chi connectivity index (χ3v) is 2.64. The minimum Gasteiger partial charge on any atom is -0.444 e. The highest BCUT2D eigenvalue weighted by atomic mass is 16.6. The van der Waals surface area contributed by atoms with E-state index in [-0.39, 0.29) is 12.1 Å². The minimum absolute atomic E-state index is 0.0593. The van der Waals surface area contributed by atoms with E-state index < -0.39 is 0 Å². The number of nitrogens with zero attached hydrogens (tertiary/aromatic N) is 1. The summed E-state index contributed by atoms with van der Waals surface area (Å²) in [4.78, 5) is 13.2. The second-order valence-corrected chi connectivity index (χ2v) is 3.89. The smallest absolute Gasteiger partial charge is 0.414 e. The summed E-state index contributed by atoms with van der Waals surface area (Å²) in [7, 11) is 0. The Hall–Kier alpha value is -1.29. The number of ether oxygens (including phenoxy) is 1. The number of nitrogens with two attached hydrogens (primary N) is 1. The van der Waals surface area contributed by atoms with Crippen LogP contribution in [0.5, 0.6) is 0 Å². The number of fused-ring (bicyclic) bond motifs is 1. The number of amides is 1. The maximum Gasteiger partial charge on any atom is 0.414 e. The lowest BCUT2D eigenvalue weighted by Gasteiger charge is -2.33. The molecule has 1 heterocycles. The Bertz CT molecular complexity index is 333. The maximum atomic E-state index is 11.5. The van der Waals surface area contributed by atoms with Gasteiger partial charge in [-0.1, -0.05) is 19.1 Å². The van der Waals surface area contributed by atoms with Crippen molar-refractivity contribution in [2.24, 2.45) is 5.73 Å². The zero-order valence-corrected chi connectivity index (χ0v) is 8.90. The molecule has 4 nitrogen and oxygen atoms in total. The summed E-state index contributed by atoms with van der Waals surface area (Å²) in [5, 5.41) is 0. The zero-order valence-electron chi connectivity index (χ0n) is 8.90. The van der Waals surface area contributed by atoms with Crippen LogP contribution in [0.2, 0.25) is 0 Å². The zero-order chi connectivity index (χ0) is 10.8. The van der Waals surface area contributed by atoms with E-state index >= 15 is 0 Å². The number of carbonyl (C=O) groups excluding carboxylic acids is 1. The van der Waals surface area contributed by atoms with Crippen molar-refractivity contribution >= 4 is 6.09 Å². The SMILES string of the molecule is CCCN1C(=O)OCC2=CC(N)CC=C21. The van der Waals surface area contributed by atoms with Crippen LogP contribution < -0.4 is 5.73 Å². The third-order valence-electron chi connectivity index (χ3n) is 2.64. The number of hydrogen-bond acceptors (Lipinski definition) is 3. The standard InChI is InChI=1S/C11H16N2O2/c1-2-5-13-10-4-3-9(12)6-8(10)7-15-11(13)14/h4,6,9H,2-3,5,7,12H2,1H3. The summed E-state index contributed by atoms with van der Waals surface area (Å²) < 4.78 is 5.08. The Kier molecular flexibility index (Phi) is 2.77. The molecular formula is C11H16N2O2. The fraction of sp³-hybridized carbons (Fsp3) is 0.545. The van der Waals surface area contributed by atoms with Gasteiger partial charge in [-0.05, 0) is 12.8 Å². The number of rotatable bonds is 2. The third kappa shape index (κ3) is 1.90. The van der Waals surface area contributed by atoms with Gasteiger partial charge in [0.25, 0.3) is 0 Å². The number of hydrogen-bond donors (Lipinski definition) is 1. The lowest BCUT2D eigenvalue weighted by Crippen LogP contribution is -2.40. The fourth-order valence-corrected chi connectivity index (χ4v) is 1.95. The molecule has 1 saturated heterocycles. The van der Waals surface area contributed by atoms with Crippen molar-refractivity contribution in [3.8, 4) is 0 Å². The van der Waals surface area contributed by atoms with Gasteiger partial charge in [0.05, 0.1) is 0 Å². The molecule has 2 N–H and O–H groups in total. The molecule has 0 saturated carbocycles. The molecule has 0 radical (unpaired) electrons. The van der Waals surface area contributed by atoms with E-state index in [0.717, 1.165) is 24.1 Å². The molecule has 2 rings (SSSR count). The Labute approximate surface area is 89.4 Å². The first-order valence-corrected chi connectivity index (χ1v) is 5.33. The second-order valence-electron chi connectivity index (χ2n) is 3.89. The molecule has 0 aromatic carbocycles. The Morgan fingerprint density at radius 2 is 2.47 bits per heavy atom. The van der Waals surface area contributed by atoms with E-state index in [9.17, 15) is 4.79 Å². The molecule has 15 heavy (non-hydrogen) atoms. The highest BCUT2D eigenvalue weighted by Gasteiger charge is 2.29. The van der Waals surface area contributed by atoms with Crippen LogP contribution in [-0.4, -0.2) is 30.2 Å². The van der Waals surface area contributed by atoms with E-state index in [2.05, 4.69) is 0 Å². The summed E-state index contributed by atoms with van der Waals surface area (Å²) in [5.74, 6) is 0. The van der Waals surface area contributed by atoms with Gasteiger partial charge in [-0.2, -0.15) is 0 Å². The summed E-state index contributed by atoms with van der Waals surface area (Å²) in [6, 6.07) is 0.0593. The largest absolute Gasteiger partial charge is 0.444 e. The fourth-order valence-electron chi connectivity index (χ4n) is 1.95. The first kappa shape index (κ1) is 10.2. The van der Waals surface area contributed by atoms with Crippen molar-refractivity contribution in [1.29, 1.82) is 0 Å². The van der Waals surface area contributed by atoms with Crippen LogP contribution in [0, 0.1) is 0 Å². The molecule has 4 heteroatoms. The van der Waals surface area contributed by atoms with Crippen LogP contribution in [0.4, 0.5) is 4.79 Å². The Morgan fingerprint density at radius 1 is 1.67 bits per heavy atom. The van der Waals surface area contributed by atoms with Gasteiger partial charge in [0.2, 0.25) is 0 Å². The van der Waals surface area contributed by atoms with Gasteiger partial charge in [0.1, 0.15) is 6.61 Å². The van der Waals surface area contributed by atoms with Crippen LogP contribution in [0.25, 0.3) is 0 Å². The predicted octanol–water partition coefficient (Wildman–Crippen LogP) is 1.39. The lowest BCUT2D eigenvalue weighted by atomic mass is 9.99. The van der Waals surface area contributed by atoms with Crippen LogP contribution in [0.3, 0.4) is 0 Å². The average molecular weight is 208 g/mol. The first-order chi connectivity index (χ1) is 7.22. The summed E-state index contributed by atoms with van der Waals surface area (Å²) in [6.07, 6.45) is 5.51. The van der Waals surface area contributed by atoms with Crippen molar-refractivity contribution in [3.63, 3.8) is 0 Å². The molecule has 2 aliphatic rings. The van der Waals surface area contributed by atoms with Crippen molar-refractivity contribution in [1.82, 2.24) is 4.90 Å². The molecule has 1 atom stereocenters. The van der Waals surface area contributed by atoms with Crippen molar-refractivity contribution < 1.29 is 9.53 Å². The summed E-state index contributed by atoms with van der Waals surface area (Å²) in [5.41, 5.74) is 7.85. The quantitative estimate of drug-likeness (QED) is 0.746. The van der Waals surface area contributed by atoms with Gasteiger partial charge in [-0.25, -0.2) is 4.79 Å². The normalized spacial score (nSPS) is 25.3. The van der Waals surface area contributed by atoms with E-state index in [1.807, 2.05) is 19.1 Å². The molecule has 0 aromatic heterocycles. The van der Waals surface area contributed by atoms with Gasteiger partial charge >= 0.3 is 6.09 Å². The first-order valence-electron chi connectivity index (χ1n) is 5.33. The topological polar surface area (TPSA) is 55.6 Å². The van der Waals surface area contributed by atoms with Crippen LogP contribution >= 0.6 is 0 Å². The van der Waals surface area contributed by atoms with Gasteiger partial charge < -0.3 is 10.5 Å². The van der Waals surface area contributed by atoms with E-state index in [0.29, 0.717) is 13.2 Å². The molecule has 1 aliphatic heterocycles. The molecule has 0 spiro atoms. The summed E-state index contributed by atoms with van der Waals surface area (Å²) >= 11 is 0. The van der Waals surface area contributed by atoms with Crippen molar-refractivity contribution in [2.75, 3.05) is 13.2 Å². The highest BCUT2D eigenvalue weighted by Crippen LogP contribution is 2.27. The van der Waals surface area contributed by atoms with Crippen LogP contribution in [0.1, 0.15) is 19.8 Å². The molecule has 1 unspecified atom stereocenters. The molecular weight excluding hydrogens is 192 g/mol. The Morgan fingerprint density at radius 3 is 3.20 bits per heavy atom. The van der Waals surface area contributed by atoms with Gasteiger partial charge in [0, 0.05) is 23.9 Å². The van der Waals surface area contributed by atoms with Crippen molar-refractivity contribution in [3.05, 3.63) is 23.4 Å². The summed E-state index contributed by atoms with van der Waals surface area (Å²) in [6.45, 7) is 3.11. The van der Waals surface area contributed by atoms with E-state index in [4.69, 9.17) is 10.5 Å². The molecule has 0 aromatic rings. The van der Waals surface area contributed by atoms with Crippen LogP contribution in [0.15, 0.2) is 23.4 Å². The van der Waals surface area contributed by atoms with Gasteiger partial charge in [-0.3, -0.25) is 4.90 Å². The highest BCUT2D eigenvalue weighted by molar-refractivity contribution is 5.74. The van der Waals surface area contributed by atoms with Crippen LogP contribution in [-0.2, 0) is 4.74 Å². The van der Waals surface area contributed by atoms with Gasteiger partial charge in [0.15, 0.2) is 0 Å². The Balaban J connectivity index is 2.23. The van der Waals surface area contributed by atoms with E-state index in [1.54, 1.807) is 4.90 Å².